The number of benzene rings is 1. The van der Waals surface area contributed by atoms with Crippen LogP contribution >= 0.6 is 0 Å². The van der Waals surface area contributed by atoms with Crippen molar-refractivity contribution < 1.29 is 19.1 Å². The highest BCUT2D eigenvalue weighted by Crippen LogP contribution is 2.32. The maximum Gasteiger partial charge on any atom is 0.274 e. The molecule has 1 aliphatic heterocycles. The molecule has 1 aliphatic rings. The number of pyridine rings is 1. The lowest BCUT2D eigenvalue weighted by Gasteiger charge is -2.34. The largest absolute Gasteiger partial charge is 0.494 e. The lowest BCUT2D eigenvalue weighted by molar-refractivity contribution is -0.124. The monoisotopic (exact) mass is 548 g/mol. The van der Waals surface area contributed by atoms with Crippen LogP contribution in [0, 0.1) is 5.41 Å². The maximum absolute atomic E-state index is 12.9. The van der Waals surface area contributed by atoms with Gasteiger partial charge in [-0.3, -0.25) is 14.7 Å². The van der Waals surface area contributed by atoms with Crippen molar-refractivity contribution in [1.29, 1.82) is 0 Å². The Morgan fingerprint density at radius 3 is 2.60 bits per heavy atom. The average Bonchev–Trinajstić information content (AvgIpc) is 3.48. The number of carbonyl (C=O) groups is 2. The van der Waals surface area contributed by atoms with Crippen molar-refractivity contribution in [2.24, 2.45) is 5.41 Å². The molecular formula is C30H40N6O4. The summed E-state index contributed by atoms with van der Waals surface area (Å²) in [5.41, 5.74) is 3.28. The molecule has 3 N–H and O–H groups in total. The summed E-state index contributed by atoms with van der Waals surface area (Å²) in [5.74, 6) is 0.275. The number of hydrogen-bond acceptors (Lipinski definition) is 7. The van der Waals surface area contributed by atoms with Gasteiger partial charge in [0, 0.05) is 43.5 Å². The highest BCUT2D eigenvalue weighted by atomic mass is 16.5. The number of aromatic amines is 1. The summed E-state index contributed by atoms with van der Waals surface area (Å²) in [6.45, 7) is 10.5. The first kappa shape index (κ1) is 29.1. The van der Waals surface area contributed by atoms with Crippen molar-refractivity contribution in [3.8, 4) is 17.1 Å². The third-order valence-electron chi connectivity index (χ3n) is 7.36. The summed E-state index contributed by atoms with van der Waals surface area (Å²) in [6.07, 6.45) is 3.89. The topological polar surface area (TPSA) is 121 Å². The second-order valence-electron chi connectivity index (χ2n) is 11.2. The summed E-state index contributed by atoms with van der Waals surface area (Å²) < 4.78 is 11.6. The Morgan fingerprint density at radius 1 is 1.15 bits per heavy atom. The van der Waals surface area contributed by atoms with Crippen molar-refractivity contribution in [3.63, 3.8) is 0 Å². The fraction of sp³-hybridized carbons (Fsp3) is 0.467. The molecule has 10 nitrogen and oxygen atoms in total. The van der Waals surface area contributed by atoms with E-state index in [9.17, 15) is 9.59 Å². The van der Waals surface area contributed by atoms with E-state index in [0.717, 1.165) is 37.3 Å². The van der Waals surface area contributed by atoms with Gasteiger partial charge in [-0.15, -0.1) is 0 Å². The fourth-order valence-electron chi connectivity index (χ4n) is 4.41. The minimum absolute atomic E-state index is 0.0277. The zero-order valence-corrected chi connectivity index (χ0v) is 24.0. The zero-order chi connectivity index (χ0) is 28.7. The molecule has 0 spiro atoms. The SMILES string of the molecule is COc1cc(N2CCC(OCCC(=O)NC(C)C(C)(C)C)CC2)ccc1NC(=O)c1cccc(-c2ccn[nH]2)n1. The van der Waals surface area contributed by atoms with E-state index >= 15 is 0 Å². The fourth-order valence-corrected chi connectivity index (χ4v) is 4.41. The van der Waals surface area contributed by atoms with Gasteiger partial charge in [0.1, 0.15) is 11.4 Å². The number of rotatable bonds is 10. The van der Waals surface area contributed by atoms with E-state index in [0.29, 0.717) is 35.9 Å². The van der Waals surface area contributed by atoms with Crippen LogP contribution in [-0.4, -0.2) is 65.9 Å². The Bertz CT molecular complexity index is 1280. The molecule has 1 atom stereocenters. The first-order chi connectivity index (χ1) is 19.1. The Hall–Kier alpha value is -3.92. The van der Waals surface area contributed by atoms with Crippen LogP contribution in [0.3, 0.4) is 0 Å². The molecule has 10 heteroatoms. The number of carbonyl (C=O) groups excluding carboxylic acids is 2. The van der Waals surface area contributed by atoms with E-state index < -0.39 is 0 Å². The molecule has 3 heterocycles. The molecule has 2 amide bonds. The Kier molecular flexibility index (Phi) is 9.42. The van der Waals surface area contributed by atoms with Crippen LogP contribution in [-0.2, 0) is 9.53 Å². The second kappa shape index (κ2) is 13.0. The van der Waals surface area contributed by atoms with Gasteiger partial charge in [-0.25, -0.2) is 4.98 Å². The number of H-pyrrole nitrogens is 1. The number of nitrogens with one attached hydrogen (secondary N) is 3. The molecule has 40 heavy (non-hydrogen) atoms. The zero-order valence-electron chi connectivity index (χ0n) is 24.0. The van der Waals surface area contributed by atoms with E-state index in [1.807, 2.05) is 31.2 Å². The highest BCUT2D eigenvalue weighted by molar-refractivity contribution is 6.04. The number of aromatic nitrogens is 3. The molecule has 2 aromatic heterocycles. The molecule has 0 saturated carbocycles. The number of hydrogen-bond donors (Lipinski definition) is 3. The van der Waals surface area contributed by atoms with Gasteiger partial charge in [-0.2, -0.15) is 5.10 Å². The quantitative estimate of drug-likeness (QED) is 0.337. The van der Waals surface area contributed by atoms with E-state index in [4.69, 9.17) is 9.47 Å². The van der Waals surface area contributed by atoms with Crippen molar-refractivity contribution >= 4 is 23.2 Å². The predicted molar refractivity (Wildman–Crippen MR) is 156 cm³/mol. The number of methoxy groups -OCH3 is 1. The lowest BCUT2D eigenvalue weighted by atomic mass is 9.88. The van der Waals surface area contributed by atoms with Crippen LogP contribution < -0.4 is 20.3 Å². The molecule has 214 valence electrons. The minimum Gasteiger partial charge on any atom is -0.494 e. The van der Waals surface area contributed by atoms with Gasteiger partial charge in [-0.05, 0) is 55.5 Å². The molecular weight excluding hydrogens is 508 g/mol. The highest BCUT2D eigenvalue weighted by Gasteiger charge is 2.23. The Labute approximate surface area is 235 Å². The molecule has 1 unspecified atom stereocenters. The van der Waals surface area contributed by atoms with Crippen LogP contribution in [0.5, 0.6) is 5.75 Å². The van der Waals surface area contributed by atoms with Crippen LogP contribution in [0.1, 0.15) is 57.4 Å². The van der Waals surface area contributed by atoms with Crippen molar-refractivity contribution in [2.45, 2.75) is 59.1 Å². The van der Waals surface area contributed by atoms with Gasteiger partial charge in [0.2, 0.25) is 5.91 Å². The maximum atomic E-state index is 12.9. The number of nitrogens with zero attached hydrogens (tertiary/aromatic N) is 3. The van der Waals surface area contributed by atoms with Crippen LogP contribution in [0.15, 0.2) is 48.7 Å². The Balaban J connectivity index is 1.28. The second-order valence-corrected chi connectivity index (χ2v) is 11.2. The van der Waals surface area contributed by atoms with E-state index in [2.05, 4.69) is 51.5 Å². The van der Waals surface area contributed by atoms with Gasteiger partial charge in [-0.1, -0.05) is 26.8 Å². The standard InChI is InChI=1S/C30H40N6O4/c1-20(30(2,3)4)32-28(37)14-18-40-22-12-16-36(17-13-22)21-9-10-25(27(19-21)39-5)34-29(38)26-8-6-7-23(33-26)24-11-15-31-35-24/h6-11,15,19-20,22H,12-14,16-18H2,1-5H3,(H,31,35)(H,32,37)(H,34,38). The van der Waals surface area contributed by atoms with E-state index in [-0.39, 0.29) is 29.4 Å². The lowest BCUT2D eigenvalue weighted by Crippen LogP contribution is -2.42. The third kappa shape index (κ3) is 7.59. The predicted octanol–water partition coefficient (Wildman–Crippen LogP) is 4.66. The number of anilines is 2. The smallest absolute Gasteiger partial charge is 0.274 e. The van der Waals surface area contributed by atoms with Crippen molar-refractivity contribution in [3.05, 3.63) is 54.4 Å². The normalized spacial score (nSPS) is 15.0. The molecule has 1 saturated heterocycles. The van der Waals surface area contributed by atoms with Crippen molar-refractivity contribution in [2.75, 3.05) is 37.0 Å². The van der Waals surface area contributed by atoms with Crippen LogP contribution in [0.4, 0.5) is 11.4 Å². The molecule has 3 aromatic rings. The molecule has 0 bridgehead atoms. The number of amides is 2. The summed E-state index contributed by atoms with van der Waals surface area (Å²) in [6, 6.07) is 12.9. The van der Waals surface area contributed by atoms with Gasteiger partial charge >= 0.3 is 0 Å². The summed E-state index contributed by atoms with van der Waals surface area (Å²) in [7, 11) is 1.59. The summed E-state index contributed by atoms with van der Waals surface area (Å²) in [5, 5.41) is 12.8. The number of piperidine rings is 1. The van der Waals surface area contributed by atoms with Gasteiger partial charge in [0.25, 0.3) is 5.91 Å². The Morgan fingerprint density at radius 2 is 1.93 bits per heavy atom. The van der Waals surface area contributed by atoms with Crippen LogP contribution in [0.2, 0.25) is 0 Å². The number of ether oxygens (including phenoxy) is 2. The summed E-state index contributed by atoms with van der Waals surface area (Å²) in [4.78, 5) is 31.9. The molecule has 0 radical (unpaired) electrons. The molecule has 1 aromatic carbocycles. The van der Waals surface area contributed by atoms with Crippen LogP contribution in [0.25, 0.3) is 11.4 Å². The van der Waals surface area contributed by atoms with Gasteiger partial charge < -0.3 is 25.0 Å². The molecule has 1 fully saturated rings. The van der Waals surface area contributed by atoms with Crippen molar-refractivity contribution in [1.82, 2.24) is 20.5 Å². The van der Waals surface area contributed by atoms with Gasteiger partial charge in [0.15, 0.2) is 0 Å². The first-order valence-corrected chi connectivity index (χ1v) is 13.8. The van der Waals surface area contributed by atoms with E-state index in [1.165, 1.54) is 0 Å². The van der Waals surface area contributed by atoms with Gasteiger partial charge in [0.05, 0.1) is 36.9 Å². The minimum atomic E-state index is -0.327. The summed E-state index contributed by atoms with van der Waals surface area (Å²) >= 11 is 0. The molecule has 4 rings (SSSR count). The van der Waals surface area contributed by atoms with E-state index in [1.54, 1.807) is 31.5 Å². The average molecular weight is 549 g/mol. The molecule has 0 aliphatic carbocycles. The first-order valence-electron chi connectivity index (χ1n) is 13.8. The third-order valence-corrected chi connectivity index (χ3v) is 7.36.